The largest absolute Gasteiger partial charge is 0.496 e. The molecule has 2 heterocycles. The Balaban J connectivity index is 1.31. The van der Waals surface area contributed by atoms with Crippen LogP contribution in [0.25, 0.3) is 49.8 Å². The SMILES string of the molecule is COc1cc2occ(-c3ccc(-c4ccccc4)cc3)c2cc1/C(C)=C/C(=O)Nc1nc2ccccc2[nH]1. The molecule has 0 saturated carbocycles. The van der Waals surface area contributed by atoms with Gasteiger partial charge in [-0.05, 0) is 47.4 Å². The lowest BCUT2D eigenvalue weighted by Gasteiger charge is -2.10. The van der Waals surface area contributed by atoms with Crippen molar-refractivity contribution in [3.63, 3.8) is 0 Å². The molecule has 0 atom stereocenters. The summed E-state index contributed by atoms with van der Waals surface area (Å²) in [4.78, 5) is 20.3. The first-order valence-electron chi connectivity index (χ1n) is 12.3. The number of carbonyl (C=O) groups is 1. The van der Waals surface area contributed by atoms with Gasteiger partial charge in [-0.25, -0.2) is 4.98 Å². The summed E-state index contributed by atoms with van der Waals surface area (Å²) in [5, 5.41) is 3.76. The summed E-state index contributed by atoms with van der Waals surface area (Å²) in [5.74, 6) is 0.745. The van der Waals surface area contributed by atoms with Gasteiger partial charge in [0.2, 0.25) is 5.95 Å². The van der Waals surface area contributed by atoms with Crippen LogP contribution in [-0.2, 0) is 4.79 Å². The fraction of sp³-hybridized carbons (Fsp3) is 0.0625. The van der Waals surface area contributed by atoms with Crippen LogP contribution in [0.2, 0.25) is 0 Å². The van der Waals surface area contributed by atoms with E-state index in [4.69, 9.17) is 9.15 Å². The van der Waals surface area contributed by atoms with Crippen molar-refractivity contribution in [2.45, 2.75) is 6.92 Å². The number of hydrogen-bond acceptors (Lipinski definition) is 4. The number of H-pyrrole nitrogens is 1. The van der Waals surface area contributed by atoms with Crippen LogP contribution >= 0.6 is 0 Å². The maximum atomic E-state index is 12.8. The van der Waals surface area contributed by atoms with E-state index in [9.17, 15) is 4.79 Å². The molecule has 186 valence electrons. The van der Waals surface area contributed by atoms with E-state index in [0.717, 1.165) is 44.2 Å². The number of benzene rings is 4. The van der Waals surface area contributed by atoms with Crippen molar-refractivity contribution >= 4 is 39.4 Å². The number of carbonyl (C=O) groups excluding carboxylic acids is 1. The van der Waals surface area contributed by atoms with Gasteiger partial charge < -0.3 is 14.1 Å². The molecule has 0 aliphatic carbocycles. The van der Waals surface area contributed by atoms with Gasteiger partial charge in [0.25, 0.3) is 5.91 Å². The summed E-state index contributed by atoms with van der Waals surface area (Å²) in [6, 6.07) is 30.2. The van der Waals surface area contributed by atoms with Gasteiger partial charge in [0, 0.05) is 28.7 Å². The summed E-state index contributed by atoms with van der Waals surface area (Å²) in [6.45, 7) is 1.89. The summed E-state index contributed by atoms with van der Waals surface area (Å²) in [6.07, 6.45) is 3.31. The van der Waals surface area contributed by atoms with Crippen LogP contribution < -0.4 is 10.1 Å². The second-order valence-corrected chi connectivity index (χ2v) is 9.06. The molecule has 0 spiro atoms. The van der Waals surface area contributed by atoms with Crippen molar-refractivity contribution in [3.8, 4) is 28.0 Å². The van der Waals surface area contributed by atoms with Gasteiger partial charge in [0.1, 0.15) is 11.3 Å². The monoisotopic (exact) mass is 499 g/mol. The van der Waals surface area contributed by atoms with Gasteiger partial charge in [-0.15, -0.1) is 0 Å². The topological polar surface area (TPSA) is 80.2 Å². The predicted molar refractivity (Wildman–Crippen MR) is 152 cm³/mol. The Morgan fingerprint density at radius 3 is 2.39 bits per heavy atom. The molecule has 0 fully saturated rings. The number of furan rings is 1. The molecule has 6 nitrogen and oxygen atoms in total. The number of ether oxygens (including phenoxy) is 1. The number of aromatic amines is 1. The number of nitrogens with one attached hydrogen (secondary N) is 2. The molecule has 1 amide bonds. The lowest BCUT2D eigenvalue weighted by Crippen LogP contribution is -2.09. The number of imidazole rings is 1. The van der Waals surface area contributed by atoms with Gasteiger partial charge in [0.15, 0.2) is 0 Å². The molecule has 2 N–H and O–H groups in total. The number of allylic oxidation sites excluding steroid dienone is 1. The van der Waals surface area contributed by atoms with Crippen LogP contribution in [0.5, 0.6) is 5.75 Å². The Kier molecular flexibility index (Phi) is 5.98. The number of hydrogen-bond donors (Lipinski definition) is 2. The average Bonchev–Trinajstić information content (AvgIpc) is 3.56. The van der Waals surface area contributed by atoms with Crippen molar-refractivity contribution in [3.05, 3.63) is 109 Å². The summed E-state index contributed by atoms with van der Waals surface area (Å²) in [5.41, 5.74) is 8.27. The van der Waals surface area contributed by atoms with E-state index in [-0.39, 0.29) is 5.91 Å². The highest BCUT2D eigenvalue weighted by Gasteiger charge is 2.15. The number of nitrogens with zero attached hydrogens (tertiary/aromatic N) is 1. The highest BCUT2D eigenvalue weighted by atomic mass is 16.5. The number of anilines is 1. The zero-order valence-electron chi connectivity index (χ0n) is 21.0. The molecule has 2 aromatic heterocycles. The molecule has 4 aromatic carbocycles. The third kappa shape index (κ3) is 4.44. The van der Waals surface area contributed by atoms with Gasteiger partial charge >= 0.3 is 0 Å². The molecule has 6 heteroatoms. The Labute approximate surface area is 219 Å². The Hall–Kier alpha value is -5.10. The average molecular weight is 500 g/mol. The van der Waals surface area contributed by atoms with Gasteiger partial charge in [0.05, 0.1) is 24.4 Å². The number of methoxy groups -OCH3 is 1. The van der Waals surface area contributed by atoms with Crippen molar-refractivity contribution in [1.29, 1.82) is 0 Å². The molecule has 0 saturated heterocycles. The summed E-state index contributed by atoms with van der Waals surface area (Å²) >= 11 is 0. The standard InChI is InChI=1S/C32H25N3O3/c1-20(16-31(36)35-32-33-27-10-6-7-11-28(27)34-32)24-17-25-26(19-38-30(25)18-29(24)37-2)23-14-12-22(13-15-23)21-8-4-3-5-9-21/h3-19H,1-2H3,(H2,33,34,35,36)/b20-16+. The molecule has 6 rings (SSSR count). The zero-order valence-corrected chi connectivity index (χ0v) is 21.0. The minimum absolute atomic E-state index is 0.285. The Morgan fingerprint density at radius 1 is 0.921 bits per heavy atom. The molecule has 0 unspecified atom stereocenters. The summed E-state index contributed by atoms with van der Waals surface area (Å²) in [7, 11) is 1.61. The quantitative estimate of drug-likeness (QED) is 0.230. The first-order chi connectivity index (χ1) is 18.6. The highest BCUT2D eigenvalue weighted by molar-refractivity contribution is 6.05. The van der Waals surface area contributed by atoms with Gasteiger partial charge in [-0.3, -0.25) is 10.1 Å². The van der Waals surface area contributed by atoms with Gasteiger partial charge in [-0.2, -0.15) is 0 Å². The molecule has 0 aliphatic rings. The molecule has 0 radical (unpaired) electrons. The van der Waals surface area contributed by atoms with Crippen LogP contribution in [-0.4, -0.2) is 23.0 Å². The van der Waals surface area contributed by atoms with E-state index in [1.807, 2.05) is 61.5 Å². The maximum Gasteiger partial charge on any atom is 0.250 e. The van der Waals surface area contributed by atoms with Crippen LogP contribution in [0.1, 0.15) is 12.5 Å². The Morgan fingerprint density at radius 2 is 1.63 bits per heavy atom. The van der Waals surface area contributed by atoms with E-state index in [0.29, 0.717) is 17.3 Å². The number of rotatable bonds is 6. The highest BCUT2D eigenvalue weighted by Crippen LogP contribution is 2.38. The molecule has 0 bridgehead atoms. The Bertz CT molecular complexity index is 1760. The fourth-order valence-corrected chi connectivity index (χ4v) is 4.67. The van der Waals surface area contributed by atoms with Crippen molar-refractivity contribution in [1.82, 2.24) is 9.97 Å². The lowest BCUT2D eigenvalue weighted by atomic mass is 9.97. The first kappa shape index (κ1) is 23.3. The van der Waals surface area contributed by atoms with Gasteiger partial charge in [-0.1, -0.05) is 66.7 Å². The maximum absolute atomic E-state index is 12.8. The first-order valence-corrected chi connectivity index (χ1v) is 12.3. The third-order valence-electron chi connectivity index (χ3n) is 6.60. The van der Waals surface area contributed by atoms with E-state index >= 15 is 0 Å². The van der Waals surface area contributed by atoms with Crippen LogP contribution in [0.15, 0.2) is 108 Å². The van der Waals surface area contributed by atoms with E-state index in [1.165, 1.54) is 5.56 Å². The second kappa shape index (κ2) is 9.75. The van der Waals surface area contributed by atoms with Crippen LogP contribution in [0.4, 0.5) is 5.95 Å². The summed E-state index contributed by atoms with van der Waals surface area (Å²) < 4.78 is 11.5. The van der Waals surface area contributed by atoms with E-state index in [2.05, 4.69) is 51.7 Å². The molecule has 6 aromatic rings. The predicted octanol–water partition coefficient (Wildman–Crippen LogP) is 7.69. The smallest absolute Gasteiger partial charge is 0.250 e. The molecular weight excluding hydrogens is 474 g/mol. The lowest BCUT2D eigenvalue weighted by molar-refractivity contribution is -0.111. The number of para-hydroxylation sites is 2. The van der Waals surface area contributed by atoms with Crippen LogP contribution in [0, 0.1) is 0 Å². The molecule has 0 aliphatic heterocycles. The minimum Gasteiger partial charge on any atom is -0.496 e. The van der Waals surface area contributed by atoms with Crippen molar-refractivity contribution in [2.24, 2.45) is 0 Å². The number of aromatic nitrogens is 2. The number of fused-ring (bicyclic) bond motifs is 2. The normalized spacial score (nSPS) is 11.7. The van der Waals surface area contributed by atoms with E-state index < -0.39 is 0 Å². The number of amides is 1. The zero-order chi connectivity index (χ0) is 26.1. The third-order valence-corrected chi connectivity index (χ3v) is 6.60. The molecular formula is C32H25N3O3. The van der Waals surface area contributed by atoms with Crippen molar-refractivity contribution < 1.29 is 13.9 Å². The molecule has 38 heavy (non-hydrogen) atoms. The fourth-order valence-electron chi connectivity index (χ4n) is 4.67. The van der Waals surface area contributed by atoms with Crippen molar-refractivity contribution in [2.75, 3.05) is 12.4 Å². The van der Waals surface area contributed by atoms with Crippen LogP contribution in [0.3, 0.4) is 0 Å². The van der Waals surface area contributed by atoms with E-state index in [1.54, 1.807) is 19.4 Å². The second-order valence-electron chi connectivity index (χ2n) is 9.06. The minimum atomic E-state index is -0.285.